The van der Waals surface area contributed by atoms with Crippen molar-refractivity contribution in [3.8, 4) is 0 Å². The molecule has 5 nitrogen and oxygen atoms in total. The molecule has 1 atom stereocenters. The van der Waals surface area contributed by atoms with E-state index < -0.39 is 12.0 Å². The number of carbonyl (C=O) groups is 1. The number of carbonyl (C=O) groups excluding carboxylic acids is 1. The second-order valence-corrected chi connectivity index (χ2v) is 4.01. The van der Waals surface area contributed by atoms with Gasteiger partial charge >= 0.3 is 5.97 Å². The summed E-state index contributed by atoms with van der Waals surface area (Å²) in [5.41, 5.74) is 6.43. The Bertz CT molecular complexity index is 351. The fourth-order valence-electron chi connectivity index (χ4n) is 1.18. The SMILES string of the molecule is CCOC(=O)C(N)Cc1nn(C)cc1Br. The first-order valence-corrected chi connectivity index (χ1v) is 5.44. The number of aryl methyl sites for hydroxylation is 1. The molecular formula is C9H14BrN3O2. The van der Waals surface area contributed by atoms with E-state index in [1.165, 1.54) is 0 Å². The number of halogens is 1. The van der Waals surface area contributed by atoms with Crippen LogP contribution in [0.3, 0.4) is 0 Å². The monoisotopic (exact) mass is 275 g/mol. The van der Waals surface area contributed by atoms with Gasteiger partial charge in [0.2, 0.25) is 0 Å². The number of hydrogen-bond donors (Lipinski definition) is 1. The number of hydrogen-bond acceptors (Lipinski definition) is 4. The Morgan fingerprint density at radius 1 is 1.80 bits per heavy atom. The van der Waals surface area contributed by atoms with E-state index in [2.05, 4.69) is 21.0 Å². The Kier molecular flexibility index (Phi) is 4.28. The van der Waals surface area contributed by atoms with E-state index in [-0.39, 0.29) is 0 Å². The van der Waals surface area contributed by atoms with Crippen molar-refractivity contribution in [2.75, 3.05) is 6.61 Å². The zero-order valence-electron chi connectivity index (χ0n) is 8.74. The van der Waals surface area contributed by atoms with Crippen molar-refractivity contribution in [3.05, 3.63) is 16.4 Å². The number of aromatic nitrogens is 2. The smallest absolute Gasteiger partial charge is 0.323 e. The zero-order chi connectivity index (χ0) is 11.4. The number of ether oxygens (including phenoxy) is 1. The molecule has 0 aliphatic carbocycles. The molecule has 2 N–H and O–H groups in total. The summed E-state index contributed by atoms with van der Waals surface area (Å²) in [5.74, 6) is -0.393. The van der Waals surface area contributed by atoms with Crippen LogP contribution in [0.5, 0.6) is 0 Å². The number of esters is 1. The van der Waals surface area contributed by atoms with Gasteiger partial charge in [0.25, 0.3) is 0 Å². The maximum Gasteiger partial charge on any atom is 0.323 e. The Labute approximate surface area is 96.7 Å². The van der Waals surface area contributed by atoms with Crippen molar-refractivity contribution in [2.45, 2.75) is 19.4 Å². The highest BCUT2D eigenvalue weighted by Gasteiger charge is 2.18. The van der Waals surface area contributed by atoms with Gasteiger partial charge in [-0.2, -0.15) is 5.10 Å². The molecule has 0 aromatic carbocycles. The molecule has 0 radical (unpaired) electrons. The van der Waals surface area contributed by atoms with Crippen LogP contribution >= 0.6 is 15.9 Å². The molecule has 1 unspecified atom stereocenters. The lowest BCUT2D eigenvalue weighted by molar-refractivity contribution is -0.144. The van der Waals surface area contributed by atoms with Crippen molar-refractivity contribution < 1.29 is 9.53 Å². The second-order valence-electron chi connectivity index (χ2n) is 3.16. The summed E-state index contributed by atoms with van der Waals surface area (Å²) in [6, 6.07) is -0.656. The van der Waals surface area contributed by atoms with Gasteiger partial charge in [0.05, 0.1) is 16.8 Å². The average Bonchev–Trinajstić information content (AvgIpc) is 2.45. The number of rotatable bonds is 4. The predicted molar refractivity (Wildman–Crippen MR) is 59.2 cm³/mol. The van der Waals surface area contributed by atoms with E-state index in [1.807, 2.05) is 13.2 Å². The van der Waals surface area contributed by atoms with Gasteiger partial charge in [0, 0.05) is 19.7 Å². The molecule has 0 bridgehead atoms. The molecule has 0 amide bonds. The van der Waals surface area contributed by atoms with Crippen LogP contribution in [-0.2, 0) is 23.0 Å². The minimum absolute atomic E-state index is 0.343. The maximum absolute atomic E-state index is 11.3. The normalized spacial score (nSPS) is 12.5. The number of nitrogens with zero attached hydrogens (tertiary/aromatic N) is 2. The van der Waals surface area contributed by atoms with Crippen LogP contribution in [-0.4, -0.2) is 28.4 Å². The van der Waals surface area contributed by atoms with E-state index in [1.54, 1.807) is 11.6 Å². The lowest BCUT2D eigenvalue weighted by atomic mass is 10.2. The molecule has 15 heavy (non-hydrogen) atoms. The second kappa shape index (κ2) is 5.27. The fraction of sp³-hybridized carbons (Fsp3) is 0.556. The van der Waals surface area contributed by atoms with E-state index >= 15 is 0 Å². The summed E-state index contributed by atoms with van der Waals surface area (Å²) in [7, 11) is 1.81. The molecule has 0 aliphatic heterocycles. The summed E-state index contributed by atoms with van der Waals surface area (Å²) in [4.78, 5) is 11.3. The molecule has 0 saturated heterocycles. The van der Waals surface area contributed by atoms with Gasteiger partial charge in [-0.25, -0.2) is 0 Å². The molecular weight excluding hydrogens is 262 g/mol. The van der Waals surface area contributed by atoms with Crippen LogP contribution in [0.2, 0.25) is 0 Å². The predicted octanol–water partition coefficient (Wildman–Crippen LogP) is 0.616. The standard InChI is InChI=1S/C9H14BrN3O2/c1-3-15-9(14)7(11)4-8-6(10)5-13(2)12-8/h5,7H,3-4,11H2,1-2H3. The van der Waals surface area contributed by atoms with Crippen LogP contribution in [0.1, 0.15) is 12.6 Å². The van der Waals surface area contributed by atoms with Gasteiger partial charge in [0.1, 0.15) is 6.04 Å². The van der Waals surface area contributed by atoms with Gasteiger partial charge in [-0.15, -0.1) is 0 Å². The quantitative estimate of drug-likeness (QED) is 0.818. The van der Waals surface area contributed by atoms with E-state index in [0.717, 1.165) is 10.2 Å². The highest BCUT2D eigenvalue weighted by Crippen LogP contribution is 2.15. The van der Waals surface area contributed by atoms with Crippen LogP contribution in [0, 0.1) is 0 Å². The van der Waals surface area contributed by atoms with Crippen molar-refractivity contribution in [2.24, 2.45) is 12.8 Å². The van der Waals surface area contributed by atoms with Gasteiger partial charge < -0.3 is 10.5 Å². The van der Waals surface area contributed by atoms with Crippen molar-refractivity contribution >= 4 is 21.9 Å². The molecule has 84 valence electrons. The first-order chi connectivity index (χ1) is 7.04. The van der Waals surface area contributed by atoms with Gasteiger partial charge in [0.15, 0.2) is 0 Å². The largest absolute Gasteiger partial charge is 0.465 e. The van der Waals surface area contributed by atoms with E-state index in [4.69, 9.17) is 10.5 Å². The molecule has 1 aromatic rings. The Morgan fingerprint density at radius 2 is 2.47 bits per heavy atom. The Morgan fingerprint density at radius 3 is 2.93 bits per heavy atom. The highest BCUT2D eigenvalue weighted by atomic mass is 79.9. The van der Waals surface area contributed by atoms with Crippen LogP contribution in [0.25, 0.3) is 0 Å². The van der Waals surface area contributed by atoms with Gasteiger partial charge in [-0.1, -0.05) is 0 Å². The number of nitrogens with two attached hydrogens (primary N) is 1. The summed E-state index contributed by atoms with van der Waals surface area (Å²) in [5, 5.41) is 4.17. The Balaban J connectivity index is 2.61. The van der Waals surface area contributed by atoms with Crippen LogP contribution < -0.4 is 5.73 Å². The topological polar surface area (TPSA) is 70.1 Å². The van der Waals surface area contributed by atoms with E-state index in [9.17, 15) is 4.79 Å². The van der Waals surface area contributed by atoms with Crippen LogP contribution in [0.15, 0.2) is 10.7 Å². The summed E-state index contributed by atoms with van der Waals surface area (Å²) >= 11 is 3.34. The first kappa shape index (κ1) is 12.2. The summed E-state index contributed by atoms with van der Waals surface area (Å²) in [6.07, 6.45) is 2.19. The molecule has 0 aliphatic rings. The lowest BCUT2D eigenvalue weighted by Gasteiger charge is -2.08. The van der Waals surface area contributed by atoms with Gasteiger partial charge in [-0.3, -0.25) is 9.48 Å². The van der Waals surface area contributed by atoms with Crippen molar-refractivity contribution in [1.29, 1.82) is 0 Å². The molecule has 0 fully saturated rings. The molecule has 0 saturated carbocycles. The minimum atomic E-state index is -0.656. The average molecular weight is 276 g/mol. The highest BCUT2D eigenvalue weighted by molar-refractivity contribution is 9.10. The third kappa shape index (κ3) is 3.32. The molecule has 6 heteroatoms. The van der Waals surface area contributed by atoms with Crippen molar-refractivity contribution in [1.82, 2.24) is 9.78 Å². The third-order valence-corrected chi connectivity index (χ3v) is 2.52. The van der Waals surface area contributed by atoms with Gasteiger partial charge in [-0.05, 0) is 22.9 Å². The molecule has 1 rings (SSSR count). The molecule has 1 aromatic heterocycles. The Hall–Kier alpha value is -0.880. The minimum Gasteiger partial charge on any atom is -0.465 e. The van der Waals surface area contributed by atoms with Crippen molar-refractivity contribution in [3.63, 3.8) is 0 Å². The summed E-state index contributed by atoms with van der Waals surface area (Å²) in [6.45, 7) is 2.09. The third-order valence-electron chi connectivity index (χ3n) is 1.86. The molecule has 0 spiro atoms. The van der Waals surface area contributed by atoms with E-state index in [0.29, 0.717) is 13.0 Å². The molecule has 1 heterocycles. The maximum atomic E-state index is 11.3. The first-order valence-electron chi connectivity index (χ1n) is 4.64. The fourth-order valence-corrected chi connectivity index (χ4v) is 1.72. The lowest BCUT2D eigenvalue weighted by Crippen LogP contribution is -2.34. The summed E-state index contributed by atoms with van der Waals surface area (Å²) < 4.78 is 7.32. The van der Waals surface area contributed by atoms with Crippen LogP contribution in [0.4, 0.5) is 0 Å². The zero-order valence-corrected chi connectivity index (χ0v) is 10.3.